The number of carbonyl (C=O) groups is 1. The van der Waals surface area contributed by atoms with Crippen LogP contribution in [0.4, 0.5) is 0 Å². The molecule has 0 spiro atoms. The largest absolute Gasteiger partial charge is 0.462 e. The van der Waals surface area contributed by atoms with Crippen molar-refractivity contribution in [1.29, 1.82) is 0 Å². The van der Waals surface area contributed by atoms with Gasteiger partial charge in [0.05, 0.1) is 12.2 Å². The summed E-state index contributed by atoms with van der Waals surface area (Å²) in [7, 11) is 0. The molecule has 0 fully saturated rings. The smallest absolute Gasteiger partial charge is 0.337 e. The fourth-order valence-corrected chi connectivity index (χ4v) is 0.830. The topological polar surface area (TPSA) is 52.3 Å². The van der Waals surface area contributed by atoms with E-state index in [-0.39, 0.29) is 0 Å². The first-order valence-electron chi connectivity index (χ1n) is 4.36. The molecule has 0 saturated heterocycles. The van der Waals surface area contributed by atoms with Gasteiger partial charge in [-0.15, -0.1) is 12.3 Å². The van der Waals surface area contributed by atoms with E-state index in [2.05, 4.69) is 5.92 Å². The summed E-state index contributed by atoms with van der Waals surface area (Å²) in [6.07, 6.45) is 8.64. The fraction of sp³-hybridized carbons (Fsp3) is 0.364. The number of hydrogen-bond acceptors (Lipinski definition) is 3. The molecule has 0 atom stereocenters. The Morgan fingerprint density at radius 2 is 2.29 bits per heavy atom. The second kappa shape index (κ2) is 6.79. The summed E-state index contributed by atoms with van der Waals surface area (Å²) in [5.74, 6) is 2.02. The molecule has 0 heterocycles. The Balaban J connectivity index is 4.65. The minimum Gasteiger partial charge on any atom is -0.462 e. The number of hydrogen-bond donors (Lipinski definition) is 1. The zero-order valence-corrected chi connectivity index (χ0v) is 8.54. The maximum absolute atomic E-state index is 11.3. The first kappa shape index (κ1) is 12.3. The molecule has 0 bridgehead atoms. The highest BCUT2D eigenvalue weighted by atomic mass is 16.5. The second-order valence-electron chi connectivity index (χ2n) is 2.68. The third-order valence-electron chi connectivity index (χ3n) is 1.33. The SMILES string of the molecule is C#CC/C=C(\C=C(/C)N)C(=O)OCC. The van der Waals surface area contributed by atoms with E-state index < -0.39 is 5.97 Å². The van der Waals surface area contributed by atoms with E-state index in [1.54, 1.807) is 26.0 Å². The van der Waals surface area contributed by atoms with E-state index in [1.807, 2.05) is 0 Å². The Morgan fingerprint density at radius 1 is 1.64 bits per heavy atom. The molecule has 0 rings (SSSR count). The van der Waals surface area contributed by atoms with Crippen LogP contribution in [0.5, 0.6) is 0 Å². The Hall–Kier alpha value is -1.69. The van der Waals surface area contributed by atoms with Crippen molar-refractivity contribution in [3.05, 3.63) is 23.4 Å². The van der Waals surface area contributed by atoms with Gasteiger partial charge in [0.15, 0.2) is 0 Å². The van der Waals surface area contributed by atoms with Crippen LogP contribution in [0.25, 0.3) is 0 Å². The zero-order chi connectivity index (χ0) is 11.0. The normalized spacial score (nSPS) is 12.1. The lowest BCUT2D eigenvalue weighted by Gasteiger charge is -2.02. The predicted molar refractivity (Wildman–Crippen MR) is 56.1 cm³/mol. The molecule has 0 aromatic rings. The highest BCUT2D eigenvalue weighted by molar-refractivity contribution is 5.91. The van der Waals surface area contributed by atoms with Crippen LogP contribution in [0.2, 0.25) is 0 Å². The molecule has 2 N–H and O–H groups in total. The van der Waals surface area contributed by atoms with Crippen molar-refractivity contribution in [3.8, 4) is 12.3 Å². The maximum atomic E-state index is 11.3. The van der Waals surface area contributed by atoms with E-state index in [0.29, 0.717) is 24.3 Å². The number of terminal acetylenes is 1. The van der Waals surface area contributed by atoms with Gasteiger partial charge in [-0.25, -0.2) is 4.79 Å². The molecule has 3 nitrogen and oxygen atoms in total. The molecule has 0 radical (unpaired) electrons. The van der Waals surface area contributed by atoms with Crippen LogP contribution >= 0.6 is 0 Å². The third-order valence-corrected chi connectivity index (χ3v) is 1.33. The van der Waals surface area contributed by atoms with E-state index in [4.69, 9.17) is 16.9 Å². The van der Waals surface area contributed by atoms with Gasteiger partial charge < -0.3 is 10.5 Å². The van der Waals surface area contributed by atoms with E-state index in [0.717, 1.165) is 0 Å². The predicted octanol–water partition coefficient (Wildman–Crippen LogP) is 1.36. The highest BCUT2D eigenvalue weighted by Gasteiger charge is 2.06. The molecule has 0 unspecified atom stereocenters. The zero-order valence-electron chi connectivity index (χ0n) is 8.54. The standard InChI is InChI=1S/C11H15NO2/c1-4-6-7-10(8-9(3)12)11(13)14-5-2/h1,7-8H,5-6,12H2,2-3H3/b9-8+,10-7+. The Morgan fingerprint density at radius 3 is 2.71 bits per heavy atom. The van der Waals surface area contributed by atoms with Gasteiger partial charge in [-0.2, -0.15) is 0 Å². The van der Waals surface area contributed by atoms with Crippen molar-refractivity contribution in [3.63, 3.8) is 0 Å². The van der Waals surface area contributed by atoms with Crippen molar-refractivity contribution in [1.82, 2.24) is 0 Å². The van der Waals surface area contributed by atoms with Gasteiger partial charge in [0.1, 0.15) is 0 Å². The van der Waals surface area contributed by atoms with Gasteiger partial charge in [0, 0.05) is 12.1 Å². The summed E-state index contributed by atoms with van der Waals surface area (Å²) in [6, 6.07) is 0. The van der Waals surface area contributed by atoms with Crippen LogP contribution in [0.1, 0.15) is 20.3 Å². The number of allylic oxidation sites excluding steroid dienone is 2. The van der Waals surface area contributed by atoms with Crippen LogP contribution in [-0.2, 0) is 9.53 Å². The van der Waals surface area contributed by atoms with Crippen molar-refractivity contribution in [2.75, 3.05) is 6.61 Å². The quantitative estimate of drug-likeness (QED) is 0.317. The van der Waals surface area contributed by atoms with Crippen molar-refractivity contribution >= 4 is 5.97 Å². The molecule has 3 heteroatoms. The molecular weight excluding hydrogens is 178 g/mol. The third kappa shape index (κ3) is 5.04. The van der Waals surface area contributed by atoms with Crippen LogP contribution in [0.15, 0.2) is 23.4 Å². The van der Waals surface area contributed by atoms with Crippen molar-refractivity contribution in [2.24, 2.45) is 5.73 Å². The molecule has 0 aliphatic heterocycles. The van der Waals surface area contributed by atoms with Gasteiger partial charge in [0.2, 0.25) is 0 Å². The van der Waals surface area contributed by atoms with E-state index >= 15 is 0 Å². The number of carbonyl (C=O) groups excluding carboxylic acids is 1. The Kier molecular flexibility index (Phi) is 5.97. The van der Waals surface area contributed by atoms with E-state index in [1.165, 1.54) is 0 Å². The molecule has 14 heavy (non-hydrogen) atoms. The van der Waals surface area contributed by atoms with Crippen molar-refractivity contribution < 1.29 is 9.53 Å². The maximum Gasteiger partial charge on any atom is 0.337 e. The summed E-state index contributed by atoms with van der Waals surface area (Å²) in [6.45, 7) is 3.78. The minimum atomic E-state index is -0.396. The lowest BCUT2D eigenvalue weighted by atomic mass is 10.2. The highest BCUT2D eigenvalue weighted by Crippen LogP contribution is 2.04. The first-order valence-corrected chi connectivity index (χ1v) is 4.36. The molecule has 0 aliphatic carbocycles. The Labute approximate surface area is 84.6 Å². The fourth-order valence-electron chi connectivity index (χ4n) is 0.830. The van der Waals surface area contributed by atoms with E-state index in [9.17, 15) is 4.79 Å². The summed E-state index contributed by atoms with van der Waals surface area (Å²) < 4.78 is 4.83. The number of nitrogens with two attached hydrogens (primary N) is 1. The number of esters is 1. The average Bonchev–Trinajstić information content (AvgIpc) is 2.12. The van der Waals surface area contributed by atoms with Gasteiger partial charge in [-0.3, -0.25) is 0 Å². The van der Waals surface area contributed by atoms with Crippen LogP contribution in [-0.4, -0.2) is 12.6 Å². The summed E-state index contributed by atoms with van der Waals surface area (Å²) >= 11 is 0. The molecule has 0 aromatic carbocycles. The lowest BCUT2D eigenvalue weighted by molar-refractivity contribution is -0.138. The molecule has 0 amide bonds. The Bertz CT molecular complexity index is 291. The number of ether oxygens (including phenoxy) is 1. The van der Waals surface area contributed by atoms with Gasteiger partial charge in [-0.1, -0.05) is 6.08 Å². The van der Waals surface area contributed by atoms with Crippen LogP contribution < -0.4 is 5.73 Å². The molecule has 0 aliphatic rings. The van der Waals surface area contributed by atoms with Crippen LogP contribution in [0, 0.1) is 12.3 Å². The second-order valence-corrected chi connectivity index (χ2v) is 2.68. The lowest BCUT2D eigenvalue weighted by Crippen LogP contribution is -2.07. The molecule has 0 saturated carbocycles. The van der Waals surface area contributed by atoms with Gasteiger partial charge in [-0.05, 0) is 19.9 Å². The monoisotopic (exact) mass is 193 g/mol. The van der Waals surface area contributed by atoms with Crippen LogP contribution in [0.3, 0.4) is 0 Å². The molecular formula is C11H15NO2. The van der Waals surface area contributed by atoms with Gasteiger partial charge >= 0.3 is 5.97 Å². The van der Waals surface area contributed by atoms with Crippen molar-refractivity contribution in [2.45, 2.75) is 20.3 Å². The number of rotatable bonds is 4. The minimum absolute atomic E-state index is 0.337. The first-order chi connectivity index (χ1) is 6.61. The summed E-state index contributed by atoms with van der Waals surface area (Å²) in [5, 5.41) is 0. The average molecular weight is 193 g/mol. The molecule has 76 valence electrons. The summed E-state index contributed by atoms with van der Waals surface area (Å²) in [5.41, 5.74) is 6.41. The molecule has 0 aromatic heterocycles. The van der Waals surface area contributed by atoms with Gasteiger partial charge in [0.25, 0.3) is 0 Å². The summed E-state index contributed by atoms with van der Waals surface area (Å²) in [4.78, 5) is 11.3.